The summed E-state index contributed by atoms with van der Waals surface area (Å²) in [6, 6.07) is 8.08. The van der Waals surface area contributed by atoms with Crippen LogP contribution in [0.25, 0.3) is 0 Å². The zero-order valence-corrected chi connectivity index (χ0v) is 13.4. The van der Waals surface area contributed by atoms with Crippen LogP contribution in [0.4, 0.5) is 4.39 Å². The Kier molecular flexibility index (Phi) is 3.65. The number of fused-ring (bicyclic) bond motifs is 1. The average molecular weight is 400 g/mol. The molecule has 2 nitrogen and oxygen atoms in total. The second kappa shape index (κ2) is 5.30. The molecule has 0 saturated heterocycles. The Morgan fingerprint density at radius 2 is 2.00 bits per heavy atom. The topological polar surface area (TPSA) is 26.3 Å². The van der Waals surface area contributed by atoms with Crippen LogP contribution in [0.2, 0.25) is 0 Å². The van der Waals surface area contributed by atoms with Gasteiger partial charge in [-0.15, -0.1) is 0 Å². The monoisotopic (exact) mass is 398 g/mol. The second-order valence-corrected chi connectivity index (χ2v) is 6.18. The molecule has 0 aromatic heterocycles. The molecule has 0 aliphatic carbocycles. The summed E-state index contributed by atoms with van der Waals surface area (Å²) in [4.78, 5) is 12.6. The molecule has 0 saturated carbocycles. The van der Waals surface area contributed by atoms with Crippen LogP contribution < -0.4 is 4.74 Å². The summed E-state index contributed by atoms with van der Waals surface area (Å²) in [5.74, 6) is -0.103. The van der Waals surface area contributed by atoms with Crippen LogP contribution in [0.15, 0.2) is 39.3 Å². The van der Waals surface area contributed by atoms with Gasteiger partial charge in [-0.3, -0.25) is 4.79 Å². The normalized spacial score (nSPS) is 12.9. The molecule has 0 bridgehead atoms. The Bertz CT molecular complexity index is 713. The summed E-state index contributed by atoms with van der Waals surface area (Å²) in [6.07, 6.45) is 0.777. The van der Waals surface area contributed by atoms with E-state index in [9.17, 15) is 9.18 Å². The Morgan fingerprint density at radius 1 is 1.20 bits per heavy atom. The summed E-state index contributed by atoms with van der Waals surface area (Å²) in [6.45, 7) is 0.566. The predicted octanol–water partition coefficient (Wildman–Crippen LogP) is 4.52. The standard InChI is InChI=1S/C15H9Br2FO2/c16-9-6-8-4-5-20-15(8)11(7-9)14(19)10-2-1-3-12(18)13(10)17/h1-3,6-7H,4-5H2. The number of hydrogen-bond acceptors (Lipinski definition) is 2. The van der Waals surface area contributed by atoms with Gasteiger partial charge in [0, 0.05) is 16.5 Å². The van der Waals surface area contributed by atoms with Crippen LogP contribution in [0.3, 0.4) is 0 Å². The van der Waals surface area contributed by atoms with E-state index in [-0.39, 0.29) is 10.3 Å². The van der Waals surface area contributed by atoms with Gasteiger partial charge in [-0.05, 0) is 45.8 Å². The summed E-state index contributed by atoms with van der Waals surface area (Å²) in [5.41, 5.74) is 1.74. The fourth-order valence-electron chi connectivity index (χ4n) is 2.26. The third-order valence-corrected chi connectivity index (χ3v) is 4.45. The molecule has 0 fully saturated rings. The molecule has 20 heavy (non-hydrogen) atoms. The van der Waals surface area contributed by atoms with Crippen molar-refractivity contribution < 1.29 is 13.9 Å². The van der Waals surface area contributed by atoms with Crippen LogP contribution in [-0.4, -0.2) is 12.4 Å². The minimum atomic E-state index is -0.455. The smallest absolute Gasteiger partial charge is 0.198 e. The quantitative estimate of drug-likeness (QED) is 0.694. The molecule has 0 radical (unpaired) electrons. The van der Waals surface area contributed by atoms with Crippen LogP contribution >= 0.6 is 31.9 Å². The van der Waals surface area contributed by atoms with E-state index in [0.717, 1.165) is 16.5 Å². The van der Waals surface area contributed by atoms with Gasteiger partial charge in [0.2, 0.25) is 0 Å². The lowest BCUT2D eigenvalue weighted by Crippen LogP contribution is -2.05. The van der Waals surface area contributed by atoms with E-state index in [1.165, 1.54) is 12.1 Å². The number of halogens is 3. The first-order chi connectivity index (χ1) is 9.58. The highest BCUT2D eigenvalue weighted by atomic mass is 79.9. The van der Waals surface area contributed by atoms with Crippen molar-refractivity contribution in [2.45, 2.75) is 6.42 Å². The summed E-state index contributed by atoms with van der Waals surface area (Å²) in [5, 5.41) is 0. The molecule has 1 aliphatic heterocycles. The van der Waals surface area contributed by atoms with Gasteiger partial charge in [-0.2, -0.15) is 0 Å². The van der Waals surface area contributed by atoms with E-state index < -0.39 is 5.82 Å². The van der Waals surface area contributed by atoms with Crippen LogP contribution in [-0.2, 0) is 6.42 Å². The Balaban J connectivity index is 2.14. The van der Waals surface area contributed by atoms with Crippen molar-refractivity contribution in [3.8, 4) is 5.75 Å². The molecule has 0 N–H and O–H groups in total. The first-order valence-corrected chi connectivity index (χ1v) is 7.60. The summed E-state index contributed by atoms with van der Waals surface area (Å²) >= 11 is 6.52. The molecule has 102 valence electrons. The summed E-state index contributed by atoms with van der Waals surface area (Å²) in [7, 11) is 0. The SMILES string of the molecule is O=C(c1cccc(F)c1Br)c1cc(Br)cc2c1OCC2. The number of rotatable bonds is 2. The van der Waals surface area contributed by atoms with Gasteiger partial charge >= 0.3 is 0 Å². The number of ether oxygens (including phenoxy) is 1. The van der Waals surface area contributed by atoms with E-state index in [4.69, 9.17) is 4.74 Å². The van der Waals surface area contributed by atoms with Gasteiger partial charge in [0.05, 0.1) is 16.6 Å². The molecule has 0 amide bonds. The number of carbonyl (C=O) groups is 1. The lowest BCUT2D eigenvalue weighted by molar-refractivity contribution is 0.103. The largest absolute Gasteiger partial charge is 0.492 e. The van der Waals surface area contributed by atoms with Gasteiger partial charge in [0.25, 0.3) is 0 Å². The second-order valence-electron chi connectivity index (χ2n) is 4.47. The first-order valence-electron chi connectivity index (χ1n) is 6.02. The van der Waals surface area contributed by atoms with Gasteiger partial charge in [-0.25, -0.2) is 4.39 Å². The molecule has 0 spiro atoms. The summed E-state index contributed by atoms with van der Waals surface area (Å²) < 4.78 is 20.1. The third kappa shape index (κ3) is 2.29. The fraction of sp³-hybridized carbons (Fsp3) is 0.133. The molecule has 1 aliphatic rings. The highest BCUT2D eigenvalue weighted by molar-refractivity contribution is 9.10. The van der Waals surface area contributed by atoms with Crippen LogP contribution in [0.1, 0.15) is 21.5 Å². The fourth-order valence-corrected chi connectivity index (χ4v) is 3.21. The molecule has 0 unspecified atom stereocenters. The lowest BCUT2D eigenvalue weighted by Gasteiger charge is -2.09. The maximum absolute atomic E-state index is 13.6. The van der Waals surface area contributed by atoms with Gasteiger partial charge < -0.3 is 4.74 Å². The number of carbonyl (C=O) groups excluding carboxylic acids is 1. The minimum absolute atomic E-state index is 0.178. The maximum atomic E-state index is 13.6. The van der Waals surface area contributed by atoms with Gasteiger partial charge in [0.15, 0.2) is 5.78 Å². The van der Waals surface area contributed by atoms with E-state index in [1.807, 2.05) is 6.07 Å². The van der Waals surface area contributed by atoms with E-state index in [0.29, 0.717) is 23.5 Å². The van der Waals surface area contributed by atoms with Crippen molar-refractivity contribution in [1.82, 2.24) is 0 Å². The van der Waals surface area contributed by atoms with E-state index >= 15 is 0 Å². The van der Waals surface area contributed by atoms with Crippen LogP contribution in [0, 0.1) is 5.82 Å². The molecule has 2 aromatic rings. The van der Waals surface area contributed by atoms with E-state index in [1.54, 1.807) is 12.1 Å². The maximum Gasteiger partial charge on any atom is 0.198 e. The van der Waals surface area contributed by atoms with Crippen molar-refractivity contribution in [2.75, 3.05) is 6.61 Å². The van der Waals surface area contributed by atoms with Gasteiger partial charge in [-0.1, -0.05) is 22.0 Å². The Labute approximate surface area is 132 Å². The first kappa shape index (κ1) is 13.8. The number of benzene rings is 2. The van der Waals surface area contributed by atoms with Crippen molar-refractivity contribution >= 4 is 37.6 Å². The highest BCUT2D eigenvalue weighted by Crippen LogP contribution is 2.35. The van der Waals surface area contributed by atoms with Crippen molar-refractivity contribution in [2.24, 2.45) is 0 Å². The Morgan fingerprint density at radius 3 is 2.80 bits per heavy atom. The minimum Gasteiger partial charge on any atom is -0.492 e. The molecule has 0 atom stereocenters. The number of hydrogen-bond donors (Lipinski definition) is 0. The molecule has 2 aromatic carbocycles. The predicted molar refractivity (Wildman–Crippen MR) is 80.9 cm³/mol. The van der Waals surface area contributed by atoms with Gasteiger partial charge in [0.1, 0.15) is 11.6 Å². The third-order valence-electron chi connectivity index (χ3n) is 3.19. The molecular formula is C15H9Br2FO2. The van der Waals surface area contributed by atoms with Crippen molar-refractivity contribution in [3.63, 3.8) is 0 Å². The lowest BCUT2D eigenvalue weighted by atomic mass is 10.00. The molecule has 1 heterocycles. The number of ketones is 1. The van der Waals surface area contributed by atoms with Crippen molar-refractivity contribution in [1.29, 1.82) is 0 Å². The van der Waals surface area contributed by atoms with Crippen LogP contribution in [0.5, 0.6) is 5.75 Å². The molecule has 3 rings (SSSR count). The molecule has 5 heteroatoms. The zero-order valence-electron chi connectivity index (χ0n) is 10.3. The Hall–Kier alpha value is -1.20. The highest BCUT2D eigenvalue weighted by Gasteiger charge is 2.24. The van der Waals surface area contributed by atoms with Crippen molar-refractivity contribution in [3.05, 3.63) is 61.8 Å². The molecular weight excluding hydrogens is 391 g/mol. The zero-order chi connectivity index (χ0) is 14.3. The van der Waals surface area contributed by atoms with E-state index in [2.05, 4.69) is 31.9 Å². The average Bonchev–Trinajstić information content (AvgIpc) is 2.88.